The molecule has 1 atom stereocenters. The number of rotatable bonds is 6. The van der Waals surface area contributed by atoms with Crippen LogP contribution in [0.3, 0.4) is 0 Å². The molecule has 3 heterocycles. The third-order valence-corrected chi connectivity index (χ3v) is 4.82. The SMILES string of the molecule is COCCn1nnnc1[C@@H]1CN(CC(=O)N2CCCCCC2)CCO1. The van der Waals surface area contributed by atoms with Gasteiger partial charge in [0.05, 0.1) is 26.3 Å². The second-order valence-corrected chi connectivity index (χ2v) is 6.64. The molecule has 2 saturated heterocycles. The maximum Gasteiger partial charge on any atom is 0.236 e. The number of amides is 1. The topological polar surface area (TPSA) is 85.6 Å². The molecule has 2 fully saturated rings. The predicted molar refractivity (Wildman–Crippen MR) is 89.9 cm³/mol. The third-order valence-electron chi connectivity index (χ3n) is 4.82. The van der Waals surface area contributed by atoms with E-state index in [1.807, 2.05) is 4.90 Å². The summed E-state index contributed by atoms with van der Waals surface area (Å²) in [5.74, 6) is 0.922. The van der Waals surface area contributed by atoms with Crippen molar-refractivity contribution in [1.29, 1.82) is 0 Å². The summed E-state index contributed by atoms with van der Waals surface area (Å²) in [5.41, 5.74) is 0. The molecule has 1 aromatic rings. The van der Waals surface area contributed by atoms with Crippen molar-refractivity contribution in [2.45, 2.75) is 38.3 Å². The van der Waals surface area contributed by atoms with E-state index >= 15 is 0 Å². The number of carbonyl (C=O) groups is 1. The fraction of sp³-hybridized carbons (Fsp3) is 0.875. The number of hydrogen-bond acceptors (Lipinski definition) is 7. The molecule has 0 N–H and O–H groups in total. The van der Waals surface area contributed by atoms with E-state index in [-0.39, 0.29) is 12.0 Å². The first-order valence-corrected chi connectivity index (χ1v) is 9.14. The molecule has 1 aromatic heterocycles. The van der Waals surface area contributed by atoms with Gasteiger partial charge in [-0.1, -0.05) is 12.8 Å². The van der Waals surface area contributed by atoms with Crippen LogP contribution in [-0.4, -0.2) is 89.0 Å². The second-order valence-electron chi connectivity index (χ2n) is 6.64. The first kappa shape index (κ1) is 18.2. The lowest BCUT2D eigenvalue weighted by molar-refractivity contribution is -0.134. The smallest absolute Gasteiger partial charge is 0.236 e. The number of nitrogens with zero attached hydrogens (tertiary/aromatic N) is 6. The predicted octanol–water partition coefficient (Wildman–Crippen LogP) is 0.0954. The molecular formula is C16H28N6O3. The summed E-state index contributed by atoms with van der Waals surface area (Å²) in [7, 11) is 1.65. The molecule has 0 spiro atoms. The molecule has 140 valence electrons. The van der Waals surface area contributed by atoms with E-state index in [4.69, 9.17) is 9.47 Å². The number of carbonyl (C=O) groups excluding carboxylic acids is 1. The molecule has 3 rings (SSSR count). The Hall–Kier alpha value is -1.58. The highest BCUT2D eigenvalue weighted by molar-refractivity contribution is 5.78. The minimum absolute atomic E-state index is 0.211. The van der Waals surface area contributed by atoms with Crippen molar-refractivity contribution in [2.24, 2.45) is 0 Å². The van der Waals surface area contributed by atoms with E-state index in [0.29, 0.717) is 38.7 Å². The summed E-state index contributed by atoms with van der Waals surface area (Å²) in [6, 6.07) is 0. The normalized spacial score (nSPS) is 22.8. The quantitative estimate of drug-likeness (QED) is 0.717. The molecule has 0 unspecified atom stereocenters. The van der Waals surface area contributed by atoms with E-state index < -0.39 is 0 Å². The molecule has 2 aliphatic rings. The highest BCUT2D eigenvalue weighted by Crippen LogP contribution is 2.20. The zero-order valence-electron chi connectivity index (χ0n) is 15.0. The van der Waals surface area contributed by atoms with E-state index in [1.165, 1.54) is 12.8 Å². The van der Waals surface area contributed by atoms with Crippen molar-refractivity contribution in [2.75, 3.05) is 53.0 Å². The standard InChI is InChI=1S/C16H28N6O3/c1-24-10-9-22-16(17-18-19-22)14-12-20(8-11-25-14)13-15(23)21-6-4-2-3-5-7-21/h14H,2-13H2,1H3/t14-/m0/s1. The average Bonchev–Trinajstić information content (AvgIpc) is 2.92. The van der Waals surface area contributed by atoms with Crippen molar-refractivity contribution < 1.29 is 14.3 Å². The van der Waals surface area contributed by atoms with Crippen molar-refractivity contribution in [3.8, 4) is 0 Å². The first-order valence-electron chi connectivity index (χ1n) is 9.14. The minimum atomic E-state index is -0.211. The molecule has 0 aliphatic carbocycles. The van der Waals surface area contributed by atoms with Crippen molar-refractivity contribution in [1.82, 2.24) is 30.0 Å². The monoisotopic (exact) mass is 352 g/mol. The Kier molecular flexibility index (Phi) is 6.71. The number of methoxy groups -OCH3 is 1. The Morgan fingerprint density at radius 1 is 1.24 bits per heavy atom. The molecule has 0 bridgehead atoms. The Morgan fingerprint density at radius 3 is 2.80 bits per heavy atom. The van der Waals surface area contributed by atoms with Gasteiger partial charge in [0.25, 0.3) is 0 Å². The van der Waals surface area contributed by atoms with Gasteiger partial charge in [-0.15, -0.1) is 5.10 Å². The molecule has 2 aliphatic heterocycles. The van der Waals surface area contributed by atoms with Crippen LogP contribution in [0.5, 0.6) is 0 Å². The maximum absolute atomic E-state index is 12.6. The van der Waals surface area contributed by atoms with Gasteiger partial charge in [0.1, 0.15) is 6.10 Å². The number of hydrogen-bond donors (Lipinski definition) is 0. The Balaban J connectivity index is 1.56. The summed E-state index contributed by atoms with van der Waals surface area (Å²) >= 11 is 0. The van der Waals surface area contributed by atoms with Crippen LogP contribution in [0, 0.1) is 0 Å². The fourth-order valence-corrected chi connectivity index (χ4v) is 3.39. The molecule has 0 radical (unpaired) electrons. The number of ether oxygens (including phenoxy) is 2. The van der Waals surface area contributed by atoms with Crippen LogP contribution >= 0.6 is 0 Å². The highest BCUT2D eigenvalue weighted by Gasteiger charge is 2.28. The van der Waals surface area contributed by atoms with E-state index in [2.05, 4.69) is 20.4 Å². The first-order chi connectivity index (χ1) is 12.3. The minimum Gasteiger partial charge on any atom is -0.383 e. The molecule has 9 nitrogen and oxygen atoms in total. The lowest BCUT2D eigenvalue weighted by Gasteiger charge is -2.33. The van der Waals surface area contributed by atoms with Gasteiger partial charge in [-0.05, 0) is 23.3 Å². The summed E-state index contributed by atoms with van der Waals surface area (Å²) < 4.78 is 12.7. The third kappa shape index (κ3) is 4.96. The zero-order chi connectivity index (χ0) is 17.5. The Bertz CT molecular complexity index is 544. The molecule has 0 saturated carbocycles. The summed E-state index contributed by atoms with van der Waals surface area (Å²) in [5, 5.41) is 11.9. The van der Waals surface area contributed by atoms with Crippen molar-refractivity contribution >= 4 is 5.91 Å². The molecule has 25 heavy (non-hydrogen) atoms. The number of likely N-dealkylation sites (tertiary alicyclic amines) is 1. The highest BCUT2D eigenvalue weighted by atomic mass is 16.5. The lowest BCUT2D eigenvalue weighted by atomic mass is 10.2. The molecule has 0 aromatic carbocycles. The maximum atomic E-state index is 12.6. The van der Waals surface area contributed by atoms with Gasteiger partial charge in [-0.25, -0.2) is 4.68 Å². The van der Waals surface area contributed by atoms with Crippen molar-refractivity contribution in [3.63, 3.8) is 0 Å². The molecule has 9 heteroatoms. The zero-order valence-corrected chi connectivity index (χ0v) is 15.0. The molecular weight excluding hydrogens is 324 g/mol. The van der Waals surface area contributed by atoms with Crippen LogP contribution < -0.4 is 0 Å². The van der Waals surface area contributed by atoms with Crippen LogP contribution in [0.25, 0.3) is 0 Å². The van der Waals surface area contributed by atoms with Crippen LogP contribution in [-0.2, 0) is 20.8 Å². The van der Waals surface area contributed by atoms with Gasteiger partial charge < -0.3 is 14.4 Å². The fourth-order valence-electron chi connectivity index (χ4n) is 3.39. The van der Waals surface area contributed by atoms with E-state index in [1.54, 1.807) is 11.8 Å². The van der Waals surface area contributed by atoms with E-state index in [0.717, 1.165) is 32.5 Å². The number of aromatic nitrogens is 4. The van der Waals surface area contributed by atoms with Gasteiger partial charge in [0, 0.05) is 33.3 Å². The second kappa shape index (κ2) is 9.21. The van der Waals surface area contributed by atoms with Crippen LogP contribution in [0.15, 0.2) is 0 Å². The van der Waals surface area contributed by atoms with Gasteiger partial charge >= 0.3 is 0 Å². The van der Waals surface area contributed by atoms with E-state index in [9.17, 15) is 4.79 Å². The summed E-state index contributed by atoms with van der Waals surface area (Å²) in [4.78, 5) is 16.8. The van der Waals surface area contributed by atoms with Gasteiger partial charge in [0.2, 0.25) is 5.91 Å². The molecule has 1 amide bonds. The van der Waals surface area contributed by atoms with Crippen LogP contribution in [0.4, 0.5) is 0 Å². The number of tetrazole rings is 1. The van der Waals surface area contributed by atoms with Gasteiger partial charge in [-0.2, -0.15) is 0 Å². The number of morpholine rings is 1. The summed E-state index contributed by atoms with van der Waals surface area (Å²) in [6.07, 6.45) is 4.48. The van der Waals surface area contributed by atoms with Crippen LogP contribution in [0.2, 0.25) is 0 Å². The largest absolute Gasteiger partial charge is 0.383 e. The van der Waals surface area contributed by atoms with Crippen molar-refractivity contribution in [3.05, 3.63) is 5.82 Å². The Morgan fingerprint density at radius 2 is 2.04 bits per heavy atom. The van der Waals surface area contributed by atoms with Crippen LogP contribution in [0.1, 0.15) is 37.6 Å². The van der Waals surface area contributed by atoms with Gasteiger partial charge in [0.15, 0.2) is 5.82 Å². The average molecular weight is 352 g/mol. The lowest BCUT2D eigenvalue weighted by Crippen LogP contribution is -2.46. The Labute approximate surface area is 148 Å². The van der Waals surface area contributed by atoms with Gasteiger partial charge in [-0.3, -0.25) is 9.69 Å². The summed E-state index contributed by atoms with van der Waals surface area (Å²) in [6.45, 7) is 5.33.